The van der Waals surface area contributed by atoms with E-state index in [0.29, 0.717) is 19.0 Å². The Hall–Kier alpha value is -1.90. The predicted molar refractivity (Wildman–Crippen MR) is 76.4 cm³/mol. The number of aromatic nitrogens is 2. The van der Waals surface area contributed by atoms with Crippen LogP contribution < -0.4 is 16.0 Å². The van der Waals surface area contributed by atoms with Gasteiger partial charge >= 0.3 is 6.18 Å². The van der Waals surface area contributed by atoms with E-state index in [-0.39, 0.29) is 30.4 Å². The minimum absolute atomic E-state index is 0.0509. The summed E-state index contributed by atoms with van der Waals surface area (Å²) in [6.07, 6.45) is -1.22. The number of hydrogen-bond acceptors (Lipinski definition) is 5. The fourth-order valence-corrected chi connectivity index (χ4v) is 3.07. The van der Waals surface area contributed by atoms with Gasteiger partial charge in [-0.3, -0.25) is 4.79 Å². The Morgan fingerprint density at radius 2 is 2.13 bits per heavy atom. The Kier molecular flexibility index (Phi) is 4.13. The molecule has 6 nitrogen and oxygen atoms in total. The molecule has 0 unspecified atom stereocenters. The van der Waals surface area contributed by atoms with E-state index in [2.05, 4.69) is 15.3 Å². The van der Waals surface area contributed by atoms with E-state index in [1.807, 2.05) is 0 Å². The van der Waals surface area contributed by atoms with Crippen LogP contribution in [0, 0.1) is 11.8 Å². The maximum atomic E-state index is 12.8. The third-order valence-electron chi connectivity index (χ3n) is 4.34. The third-order valence-corrected chi connectivity index (χ3v) is 4.34. The standard InChI is InChI=1S/C14H18F3N5O/c15-14(16,17)11-3-4-19-13(21-11)22-6-9(8-1-2-8)10(7-22)20-12(23)5-18/h3-4,8-10H,1-2,5-7,18H2,(H,20,23)/t9-,10+/m1/s1. The SMILES string of the molecule is NCC(=O)N[C@H]1CN(c2nccc(C(F)(F)F)n2)C[C@@H]1C1CC1. The van der Waals surface area contributed by atoms with Gasteiger partial charge in [-0.15, -0.1) is 0 Å². The van der Waals surface area contributed by atoms with Crippen LogP contribution in [0.25, 0.3) is 0 Å². The smallest absolute Gasteiger partial charge is 0.350 e. The molecule has 9 heteroatoms. The van der Waals surface area contributed by atoms with Crippen LogP contribution in [0.1, 0.15) is 18.5 Å². The molecule has 1 aromatic heterocycles. The molecule has 1 amide bonds. The number of amides is 1. The summed E-state index contributed by atoms with van der Waals surface area (Å²) < 4.78 is 38.4. The van der Waals surface area contributed by atoms with Gasteiger partial charge in [-0.2, -0.15) is 13.2 Å². The topological polar surface area (TPSA) is 84.1 Å². The normalized spacial score (nSPS) is 24.8. The number of rotatable bonds is 4. The number of carbonyl (C=O) groups is 1. The van der Waals surface area contributed by atoms with E-state index in [9.17, 15) is 18.0 Å². The molecule has 2 atom stereocenters. The van der Waals surface area contributed by atoms with Crippen molar-refractivity contribution in [1.29, 1.82) is 0 Å². The summed E-state index contributed by atoms with van der Waals surface area (Å²) in [6, 6.07) is 0.725. The van der Waals surface area contributed by atoms with Gasteiger partial charge < -0.3 is 16.0 Å². The van der Waals surface area contributed by atoms with Crippen LogP contribution in [0.5, 0.6) is 0 Å². The molecule has 0 bridgehead atoms. The summed E-state index contributed by atoms with van der Waals surface area (Å²) in [5, 5.41) is 2.86. The fraction of sp³-hybridized carbons (Fsp3) is 0.643. The average molecular weight is 329 g/mol. The molecule has 1 saturated heterocycles. The lowest BCUT2D eigenvalue weighted by molar-refractivity contribution is -0.141. The Morgan fingerprint density at radius 3 is 2.74 bits per heavy atom. The largest absolute Gasteiger partial charge is 0.433 e. The monoisotopic (exact) mass is 329 g/mol. The van der Waals surface area contributed by atoms with Crippen LogP contribution in [-0.2, 0) is 11.0 Å². The molecule has 0 aromatic carbocycles. The summed E-state index contributed by atoms with van der Waals surface area (Å²) in [7, 11) is 0. The van der Waals surface area contributed by atoms with Gasteiger partial charge in [0, 0.05) is 25.2 Å². The van der Waals surface area contributed by atoms with E-state index in [0.717, 1.165) is 25.1 Å². The summed E-state index contributed by atoms with van der Waals surface area (Å²) in [4.78, 5) is 20.8. The molecule has 1 saturated carbocycles. The van der Waals surface area contributed by atoms with Crippen molar-refractivity contribution in [2.75, 3.05) is 24.5 Å². The molecule has 2 fully saturated rings. The summed E-state index contributed by atoms with van der Waals surface area (Å²) in [5.74, 6) is 0.486. The van der Waals surface area contributed by atoms with Gasteiger partial charge in [0.25, 0.3) is 0 Å². The molecule has 3 rings (SSSR count). The molecule has 3 N–H and O–H groups in total. The van der Waals surface area contributed by atoms with E-state index in [1.54, 1.807) is 4.90 Å². The lowest BCUT2D eigenvalue weighted by atomic mass is 9.98. The average Bonchev–Trinajstić information content (AvgIpc) is 3.27. The quantitative estimate of drug-likeness (QED) is 0.853. The zero-order valence-electron chi connectivity index (χ0n) is 12.4. The molecule has 2 heterocycles. The van der Waals surface area contributed by atoms with Crippen molar-refractivity contribution >= 4 is 11.9 Å². The van der Waals surface area contributed by atoms with Crippen LogP contribution in [0.3, 0.4) is 0 Å². The lowest BCUT2D eigenvalue weighted by Crippen LogP contribution is -2.43. The summed E-state index contributed by atoms with van der Waals surface area (Å²) >= 11 is 0. The van der Waals surface area contributed by atoms with E-state index in [4.69, 9.17) is 5.73 Å². The Bertz CT molecular complexity index is 590. The number of hydrogen-bond donors (Lipinski definition) is 2. The van der Waals surface area contributed by atoms with Crippen LogP contribution in [0.15, 0.2) is 12.3 Å². The second-order valence-electron chi connectivity index (χ2n) is 6.02. The molecule has 0 spiro atoms. The van der Waals surface area contributed by atoms with Gasteiger partial charge in [-0.25, -0.2) is 9.97 Å². The maximum absolute atomic E-state index is 12.8. The summed E-state index contributed by atoms with van der Waals surface area (Å²) in [5.41, 5.74) is 4.37. The molecule has 23 heavy (non-hydrogen) atoms. The zero-order chi connectivity index (χ0) is 16.6. The molecule has 1 aromatic rings. The first-order chi connectivity index (χ1) is 10.9. The van der Waals surface area contributed by atoms with E-state index < -0.39 is 11.9 Å². The van der Waals surface area contributed by atoms with Crippen LogP contribution in [0.4, 0.5) is 19.1 Å². The maximum Gasteiger partial charge on any atom is 0.433 e. The fourth-order valence-electron chi connectivity index (χ4n) is 3.07. The number of alkyl halides is 3. The van der Waals surface area contributed by atoms with E-state index in [1.165, 1.54) is 0 Å². The van der Waals surface area contributed by atoms with Crippen molar-refractivity contribution in [2.24, 2.45) is 17.6 Å². The Labute approximate surface area is 131 Å². The first-order valence-electron chi connectivity index (χ1n) is 7.53. The van der Waals surface area contributed by atoms with Crippen LogP contribution in [0.2, 0.25) is 0 Å². The molecule has 1 aliphatic carbocycles. The highest BCUT2D eigenvalue weighted by atomic mass is 19.4. The second-order valence-corrected chi connectivity index (χ2v) is 6.02. The first-order valence-corrected chi connectivity index (χ1v) is 7.53. The molecule has 1 aliphatic heterocycles. The number of nitrogens with one attached hydrogen (secondary N) is 1. The summed E-state index contributed by atoms with van der Waals surface area (Å²) in [6.45, 7) is 0.837. The zero-order valence-corrected chi connectivity index (χ0v) is 12.4. The molecule has 126 valence electrons. The third kappa shape index (κ3) is 3.54. The highest BCUT2D eigenvalue weighted by Crippen LogP contribution is 2.42. The number of nitrogens with two attached hydrogens (primary N) is 1. The predicted octanol–water partition coefficient (Wildman–Crippen LogP) is 0.785. The van der Waals surface area contributed by atoms with Crippen LogP contribution >= 0.6 is 0 Å². The highest BCUT2D eigenvalue weighted by Gasteiger charge is 2.44. The van der Waals surface area contributed by atoms with Gasteiger partial charge in [0.2, 0.25) is 11.9 Å². The number of carbonyl (C=O) groups excluding carboxylic acids is 1. The minimum Gasteiger partial charge on any atom is -0.350 e. The van der Waals surface area contributed by atoms with Gasteiger partial charge in [0.05, 0.1) is 12.6 Å². The number of anilines is 1. The molecule has 0 radical (unpaired) electrons. The Balaban J connectivity index is 1.77. The van der Waals surface area contributed by atoms with Crippen molar-refractivity contribution in [3.8, 4) is 0 Å². The first kappa shape index (κ1) is 16.0. The molecular weight excluding hydrogens is 311 g/mol. The van der Waals surface area contributed by atoms with Crippen LogP contribution in [-0.4, -0.2) is 41.6 Å². The highest BCUT2D eigenvalue weighted by molar-refractivity contribution is 5.78. The van der Waals surface area contributed by atoms with Crippen molar-refractivity contribution in [2.45, 2.75) is 25.1 Å². The molecular formula is C14H18F3N5O. The van der Waals surface area contributed by atoms with Crippen molar-refractivity contribution in [1.82, 2.24) is 15.3 Å². The van der Waals surface area contributed by atoms with Crippen molar-refractivity contribution < 1.29 is 18.0 Å². The van der Waals surface area contributed by atoms with Crippen molar-refractivity contribution in [3.05, 3.63) is 18.0 Å². The van der Waals surface area contributed by atoms with Crippen molar-refractivity contribution in [3.63, 3.8) is 0 Å². The Morgan fingerprint density at radius 1 is 1.39 bits per heavy atom. The second kappa shape index (κ2) is 5.95. The van der Waals surface area contributed by atoms with Gasteiger partial charge in [-0.1, -0.05) is 0 Å². The molecule has 2 aliphatic rings. The van der Waals surface area contributed by atoms with E-state index >= 15 is 0 Å². The lowest BCUT2D eigenvalue weighted by Gasteiger charge is -2.18. The minimum atomic E-state index is -4.50. The van der Waals surface area contributed by atoms with Gasteiger partial charge in [0.1, 0.15) is 5.69 Å². The number of halogens is 3. The van der Waals surface area contributed by atoms with Gasteiger partial charge in [0.15, 0.2) is 0 Å². The number of nitrogens with zero attached hydrogens (tertiary/aromatic N) is 3. The van der Waals surface area contributed by atoms with Gasteiger partial charge in [-0.05, 0) is 24.8 Å².